The summed E-state index contributed by atoms with van der Waals surface area (Å²) in [4.78, 5) is 11.3. The van der Waals surface area contributed by atoms with Gasteiger partial charge in [-0.05, 0) is 24.2 Å². The molecule has 0 aromatic heterocycles. The van der Waals surface area contributed by atoms with Crippen LogP contribution < -0.4 is 5.32 Å². The lowest BCUT2D eigenvalue weighted by Gasteiger charge is -1.98. The van der Waals surface area contributed by atoms with Gasteiger partial charge in [0.2, 0.25) is 5.91 Å². The molecule has 0 fully saturated rings. The van der Waals surface area contributed by atoms with Crippen molar-refractivity contribution in [3.8, 4) is 0 Å². The van der Waals surface area contributed by atoms with Crippen molar-refractivity contribution < 1.29 is 4.79 Å². The molecule has 0 aliphatic carbocycles. The molecule has 1 amide bonds. The summed E-state index contributed by atoms with van der Waals surface area (Å²) in [6.45, 7) is 0. The highest BCUT2D eigenvalue weighted by molar-refractivity contribution is 7.81. The maximum atomic E-state index is 10.7. The van der Waals surface area contributed by atoms with Gasteiger partial charge < -0.3 is 5.32 Å². The zero-order valence-corrected chi connectivity index (χ0v) is 7.67. The van der Waals surface area contributed by atoms with Crippen molar-refractivity contribution in [2.24, 2.45) is 0 Å². The summed E-state index contributed by atoms with van der Waals surface area (Å²) in [5, 5.41) is 2.55. The van der Waals surface area contributed by atoms with E-state index in [4.69, 9.17) is 12.2 Å². The van der Waals surface area contributed by atoms with E-state index in [0.29, 0.717) is 4.99 Å². The van der Waals surface area contributed by atoms with E-state index in [0.717, 1.165) is 24.2 Å². The maximum Gasteiger partial charge on any atom is 0.249 e. The first-order valence-electron chi connectivity index (χ1n) is 3.41. The molecule has 1 heterocycles. The molecule has 0 radical (unpaired) electrons. The van der Waals surface area contributed by atoms with Crippen LogP contribution in [-0.2, 0) is 4.79 Å². The number of thiol groups is 1. The summed E-state index contributed by atoms with van der Waals surface area (Å²) < 4.78 is 0. The van der Waals surface area contributed by atoms with E-state index in [1.807, 2.05) is 0 Å². The molecule has 1 rings (SSSR count). The highest BCUT2D eigenvalue weighted by Gasteiger charge is 2.15. The predicted octanol–water partition coefficient (Wildman–Crippen LogP) is 1.08. The average molecular weight is 187 g/mol. The van der Waals surface area contributed by atoms with Gasteiger partial charge in [-0.3, -0.25) is 4.79 Å². The monoisotopic (exact) mass is 187 g/mol. The van der Waals surface area contributed by atoms with Gasteiger partial charge in [0.15, 0.2) is 0 Å². The van der Waals surface area contributed by atoms with Crippen molar-refractivity contribution in [1.29, 1.82) is 0 Å². The zero-order chi connectivity index (χ0) is 8.27. The van der Waals surface area contributed by atoms with Crippen LogP contribution in [0.3, 0.4) is 0 Å². The minimum Gasteiger partial charge on any atom is -0.313 e. The van der Waals surface area contributed by atoms with Crippen molar-refractivity contribution >= 4 is 35.7 Å². The van der Waals surface area contributed by atoms with Crippen LogP contribution in [0.5, 0.6) is 0 Å². The number of carbonyl (C=O) groups is 1. The second-order valence-electron chi connectivity index (χ2n) is 2.32. The van der Waals surface area contributed by atoms with Gasteiger partial charge in [-0.1, -0.05) is 12.2 Å². The van der Waals surface area contributed by atoms with Gasteiger partial charge in [0.1, 0.15) is 4.99 Å². The van der Waals surface area contributed by atoms with Crippen LogP contribution in [0.25, 0.3) is 0 Å². The average Bonchev–Trinajstić information content (AvgIpc) is 2.26. The molecule has 0 saturated carbocycles. The number of carbonyl (C=O) groups excluding carboxylic acids is 1. The molecule has 0 aromatic carbocycles. The summed E-state index contributed by atoms with van der Waals surface area (Å²) in [7, 11) is 0. The Hall–Kier alpha value is -0.350. The first-order valence-corrected chi connectivity index (χ1v) is 4.45. The van der Waals surface area contributed by atoms with Gasteiger partial charge in [0, 0.05) is 6.08 Å². The Kier molecular flexibility index (Phi) is 3.08. The smallest absolute Gasteiger partial charge is 0.249 e. The largest absolute Gasteiger partial charge is 0.313 e. The molecular formula is C7H9NOS2. The highest BCUT2D eigenvalue weighted by atomic mass is 32.1. The number of thiocarbonyl (C=S) groups is 1. The van der Waals surface area contributed by atoms with E-state index in [2.05, 4.69) is 17.9 Å². The molecule has 1 N–H and O–H groups in total. The zero-order valence-electron chi connectivity index (χ0n) is 5.96. The number of hydrogen-bond donors (Lipinski definition) is 2. The molecule has 1 aliphatic rings. The fraction of sp³-hybridized carbons (Fsp3) is 0.429. The van der Waals surface area contributed by atoms with Crippen LogP contribution in [0.4, 0.5) is 0 Å². The van der Waals surface area contributed by atoms with Crippen LogP contribution in [0, 0.1) is 0 Å². The molecule has 60 valence electrons. The van der Waals surface area contributed by atoms with E-state index >= 15 is 0 Å². The van der Waals surface area contributed by atoms with E-state index in [9.17, 15) is 4.79 Å². The van der Waals surface area contributed by atoms with Gasteiger partial charge >= 0.3 is 0 Å². The molecule has 0 bridgehead atoms. The molecule has 0 spiro atoms. The lowest BCUT2D eigenvalue weighted by Crippen LogP contribution is -2.20. The number of hydrogen-bond acceptors (Lipinski definition) is 3. The minimum atomic E-state index is -0.0934. The van der Waals surface area contributed by atoms with Crippen LogP contribution in [0.1, 0.15) is 12.8 Å². The van der Waals surface area contributed by atoms with E-state index in [-0.39, 0.29) is 5.91 Å². The van der Waals surface area contributed by atoms with E-state index in [1.54, 1.807) is 6.08 Å². The Morgan fingerprint density at radius 3 is 2.82 bits per heavy atom. The normalized spacial score (nSPS) is 16.6. The fourth-order valence-corrected chi connectivity index (χ4v) is 1.33. The molecule has 2 nitrogen and oxygen atoms in total. The Morgan fingerprint density at radius 2 is 2.36 bits per heavy atom. The van der Waals surface area contributed by atoms with Crippen molar-refractivity contribution in [2.75, 3.05) is 5.75 Å². The fourth-order valence-electron chi connectivity index (χ4n) is 0.907. The summed E-state index contributed by atoms with van der Waals surface area (Å²) in [6.07, 6.45) is 3.37. The van der Waals surface area contributed by atoms with Crippen LogP contribution in [-0.4, -0.2) is 16.6 Å². The first-order chi connectivity index (χ1) is 5.24. The minimum absolute atomic E-state index is 0.0934. The quantitative estimate of drug-likeness (QED) is 0.511. The lowest BCUT2D eigenvalue weighted by atomic mass is 10.2. The van der Waals surface area contributed by atoms with Gasteiger partial charge in [-0.25, -0.2) is 0 Å². The third-order valence-electron chi connectivity index (χ3n) is 1.44. The summed E-state index contributed by atoms with van der Waals surface area (Å²) in [5.41, 5.74) is 0.944. The molecule has 0 unspecified atom stereocenters. The summed E-state index contributed by atoms with van der Waals surface area (Å²) >= 11 is 8.98. The van der Waals surface area contributed by atoms with Crippen molar-refractivity contribution in [2.45, 2.75) is 12.8 Å². The third-order valence-corrected chi connectivity index (χ3v) is 2.12. The summed E-state index contributed by atoms with van der Waals surface area (Å²) in [6, 6.07) is 0. The van der Waals surface area contributed by atoms with E-state index in [1.165, 1.54) is 0 Å². The number of nitrogens with one attached hydrogen (secondary N) is 1. The lowest BCUT2D eigenvalue weighted by molar-refractivity contribution is -0.114. The van der Waals surface area contributed by atoms with Gasteiger partial charge in [-0.15, -0.1) is 0 Å². The maximum absolute atomic E-state index is 10.7. The number of rotatable bonds is 3. The van der Waals surface area contributed by atoms with Crippen LogP contribution in [0.2, 0.25) is 0 Å². The third kappa shape index (κ3) is 2.31. The molecule has 0 saturated heterocycles. The molecular weight excluding hydrogens is 178 g/mol. The van der Waals surface area contributed by atoms with Crippen LogP contribution >= 0.6 is 24.8 Å². The predicted molar refractivity (Wildman–Crippen MR) is 51.9 cm³/mol. The van der Waals surface area contributed by atoms with Crippen molar-refractivity contribution in [3.05, 3.63) is 11.6 Å². The highest BCUT2D eigenvalue weighted by Crippen LogP contribution is 2.11. The number of amides is 1. The second-order valence-corrected chi connectivity index (χ2v) is 3.17. The summed E-state index contributed by atoms with van der Waals surface area (Å²) in [5.74, 6) is 0.734. The Bertz CT molecular complexity index is 222. The topological polar surface area (TPSA) is 29.1 Å². The Balaban J connectivity index is 2.50. The van der Waals surface area contributed by atoms with Gasteiger partial charge in [-0.2, -0.15) is 12.6 Å². The van der Waals surface area contributed by atoms with E-state index < -0.39 is 0 Å². The Morgan fingerprint density at radius 1 is 1.64 bits per heavy atom. The van der Waals surface area contributed by atoms with Gasteiger partial charge in [0.25, 0.3) is 0 Å². The first kappa shape index (κ1) is 8.74. The molecule has 11 heavy (non-hydrogen) atoms. The molecule has 4 heteroatoms. The van der Waals surface area contributed by atoms with Gasteiger partial charge in [0.05, 0.1) is 0 Å². The standard InChI is InChI=1S/C7H9NOS2/c9-6-4-5(2-1-3-10)7(11)8-6/h4,10H,1-3H2,(H,8,9,11). The van der Waals surface area contributed by atoms with Crippen LogP contribution in [0.15, 0.2) is 11.6 Å². The van der Waals surface area contributed by atoms with Crippen molar-refractivity contribution in [1.82, 2.24) is 5.32 Å². The SMILES string of the molecule is O=C1C=C(CCCS)C(=S)N1. The molecule has 0 aromatic rings. The molecule has 1 aliphatic heterocycles. The van der Waals surface area contributed by atoms with Crippen molar-refractivity contribution in [3.63, 3.8) is 0 Å². The molecule has 0 atom stereocenters. The second kappa shape index (κ2) is 3.88. The Labute approximate surface area is 76.5 Å².